The van der Waals surface area contributed by atoms with E-state index in [0.29, 0.717) is 19.1 Å². The summed E-state index contributed by atoms with van der Waals surface area (Å²) in [6, 6.07) is 17.0. The van der Waals surface area contributed by atoms with Crippen LogP contribution in [0.2, 0.25) is 0 Å². The van der Waals surface area contributed by atoms with Crippen LogP contribution in [0.15, 0.2) is 53.3 Å². The van der Waals surface area contributed by atoms with Crippen LogP contribution in [0.5, 0.6) is 0 Å². The van der Waals surface area contributed by atoms with Crippen LogP contribution >= 0.6 is 0 Å². The van der Waals surface area contributed by atoms with E-state index in [4.69, 9.17) is 0 Å². The van der Waals surface area contributed by atoms with Crippen LogP contribution in [-0.2, 0) is 13.1 Å². The van der Waals surface area contributed by atoms with Gasteiger partial charge in [-0.25, -0.2) is 4.68 Å². The molecule has 1 fully saturated rings. The molecule has 1 aliphatic carbocycles. The molecule has 0 bridgehead atoms. The predicted molar refractivity (Wildman–Crippen MR) is 147 cm³/mol. The SMILES string of the molecule is Cc1cc2cc(CN(Cc3ccccc3)[C@@H](c3nnnn3C3CCCCC3)C(C)C)c(=O)[nH]c2cc1C. The fraction of sp³-hybridized carbons (Fsp3) is 0.467. The highest BCUT2D eigenvalue weighted by molar-refractivity contribution is 5.80. The fourth-order valence-electron chi connectivity index (χ4n) is 5.79. The molecule has 4 aromatic rings. The van der Waals surface area contributed by atoms with Gasteiger partial charge in [-0.15, -0.1) is 5.10 Å². The molecule has 1 aliphatic rings. The van der Waals surface area contributed by atoms with E-state index in [1.54, 1.807) is 0 Å². The molecule has 2 aromatic heterocycles. The summed E-state index contributed by atoms with van der Waals surface area (Å²) in [6.07, 6.45) is 5.95. The van der Waals surface area contributed by atoms with Gasteiger partial charge in [0.2, 0.25) is 0 Å². The molecule has 0 unspecified atom stereocenters. The van der Waals surface area contributed by atoms with Crippen molar-refractivity contribution in [1.82, 2.24) is 30.1 Å². The van der Waals surface area contributed by atoms with Crippen molar-refractivity contribution in [3.63, 3.8) is 0 Å². The van der Waals surface area contributed by atoms with Gasteiger partial charge in [0.1, 0.15) is 0 Å². The highest BCUT2D eigenvalue weighted by Gasteiger charge is 2.32. The molecule has 0 spiro atoms. The molecular weight excluding hydrogens is 460 g/mol. The molecule has 194 valence electrons. The number of aryl methyl sites for hydroxylation is 2. The van der Waals surface area contributed by atoms with Crippen molar-refractivity contribution >= 4 is 10.9 Å². The lowest BCUT2D eigenvalue weighted by Gasteiger charge is -2.35. The monoisotopic (exact) mass is 498 g/mol. The minimum absolute atomic E-state index is 0.0352. The minimum atomic E-state index is -0.0387. The molecule has 1 saturated carbocycles. The van der Waals surface area contributed by atoms with Gasteiger partial charge < -0.3 is 4.98 Å². The first-order valence-electron chi connectivity index (χ1n) is 13.6. The van der Waals surface area contributed by atoms with E-state index in [1.165, 1.54) is 36.0 Å². The zero-order valence-electron chi connectivity index (χ0n) is 22.4. The van der Waals surface area contributed by atoms with Crippen LogP contribution in [0.25, 0.3) is 10.9 Å². The first kappa shape index (κ1) is 25.3. The first-order chi connectivity index (χ1) is 17.9. The van der Waals surface area contributed by atoms with Gasteiger partial charge in [0.15, 0.2) is 5.82 Å². The molecule has 0 aliphatic heterocycles. The van der Waals surface area contributed by atoms with Crippen LogP contribution in [0, 0.1) is 19.8 Å². The molecular formula is C30H38N6O. The van der Waals surface area contributed by atoms with Crippen molar-refractivity contribution in [2.24, 2.45) is 5.92 Å². The standard InChI is InChI=1S/C30H38N6O/c1-20(2)28(29-32-33-34-36(29)26-13-9-6-10-14-26)35(18-23-11-7-5-8-12-23)19-25-17-24-15-21(3)22(4)16-27(24)31-30(25)37/h5,7-8,11-12,15-17,20,26,28H,6,9-10,13-14,18-19H2,1-4H3,(H,31,37)/t28-/m1/s1. The smallest absolute Gasteiger partial charge is 0.252 e. The van der Waals surface area contributed by atoms with Gasteiger partial charge in [0.25, 0.3) is 5.56 Å². The van der Waals surface area contributed by atoms with Gasteiger partial charge in [-0.1, -0.05) is 63.4 Å². The number of pyridine rings is 1. The van der Waals surface area contributed by atoms with E-state index in [1.807, 2.05) is 6.07 Å². The van der Waals surface area contributed by atoms with Crippen LogP contribution in [0.3, 0.4) is 0 Å². The summed E-state index contributed by atoms with van der Waals surface area (Å²) in [5.41, 5.74) is 5.20. The Morgan fingerprint density at radius 3 is 2.46 bits per heavy atom. The summed E-state index contributed by atoms with van der Waals surface area (Å²) in [7, 11) is 0. The number of hydrogen-bond acceptors (Lipinski definition) is 5. The van der Waals surface area contributed by atoms with Gasteiger partial charge in [0.05, 0.1) is 12.1 Å². The van der Waals surface area contributed by atoms with Crippen LogP contribution < -0.4 is 5.56 Å². The molecule has 1 N–H and O–H groups in total. The van der Waals surface area contributed by atoms with E-state index in [9.17, 15) is 4.79 Å². The summed E-state index contributed by atoms with van der Waals surface area (Å²) in [5.74, 6) is 1.16. The number of benzene rings is 2. The lowest BCUT2D eigenvalue weighted by atomic mass is 9.94. The topological polar surface area (TPSA) is 79.7 Å². The maximum Gasteiger partial charge on any atom is 0.252 e. The molecule has 7 heteroatoms. The summed E-state index contributed by atoms with van der Waals surface area (Å²) in [4.78, 5) is 18.8. The number of hydrogen-bond donors (Lipinski definition) is 1. The van der Waals surface area contributed by atoms with E-state index >= 15 is 0 Å². The minimum Gasteiger partial charge on any atom is -0.322 e. The molecule has 0 radical (unpaired) electrons. The van der Waals surface area contributed by atoms with Gasteiger partial charge >= 0.3 is 0 Å². The summed E-state index contributed by atoms with van der Waals surface area (Å²) >= 11 is 0. The highest BCUT2D eigenvalue weighted by atomic mass is 16.1. The zero-order chi connectivity index (χ0) is 25.9. The largest absolute Gasteiger partial charge is 0.322 e. The second-order valence-corrected chi connectivity index (χ2v) is 11.0. The van der Waals surface area contributed by atoms with Crippen LogP contribution in [-0.4, -0.2) is 30.1 Å². The fourth-order valence-corrected chi connectivity index (χ4v) is 5.79. The molecule has 7 nitrogen and oxygen atoms in total. The zero-order valence-corrected chi connectivity index (χ0v) is 22.4. The van der Waals surface area contributed by atoms with Crippen molar-refractivity contribution in [2.75, 3.05) is 0 Å². The lowest BCUT2D eigenvalue weighted by Crippen LogP contribution is -2.36. The Morgan fingerprint density at radius 2 is 1.73 bits per heavy atom. The number of fused-ring (bicyclic) bond motifs is 1. The maximum absolute atomic E-state index is 13.3. The third-order valence-electron chi connectivity index (χ3n) is 7.87. The Bertz CT molecular complexity index is 1400. The first-order valence-corrected chi connectivity index (χ1v) is 13.6. The molecule has 1 atom stereocenters. The number of rotatable bonds is 8. The quantitative estimate of drug-likeness (QED) is 0.321. The maximum atomic E-state index is 13.3. The van der Waals surface area contributed by atoms with Crippen molar-refractivity contribution < 1.29 is 0 Å². The molecule has 2 aromatic carbocycles. The van der Waals surface area contributed by atoms with Gasteiger partial charge in [0, 0.05) is 24.2 Å². The Balaban J connectivity index is 1.56. The van der Waals surface area contributed by atoms with Gasteiger partial charge in [-0.2, -0.15) is 0 Å². The number of H-pyrrole nitrogens is 1. The third-order valence-corrected chi connectivity index (χ3v) is 7.87. The van der Waals surface area contributed by atoms with Gasteiger partial charge in [-0.3, -0.25) is 9.69 Å². The molecule has 37 heavy (non-hydrogen) atoms. The number of nitrogens with zero attached hydrogens (tertiary/aromatic N) is 5. The Morgan fingerprint density at radius 1 is 1.00 bits per heavy atom. The normalized spacial score (nSPS) is 15.6. The predicted octanol–water partition coefficient (Wildman–Crippen LogP) is 6.04. The van der Waals surface area contributed by atoms with Crippen molar-refractivity contribution in [1.29, 1.82) is 0 Å². The Kier molecular flexibility index (Phi) is 7.51. The molecule has 0 amide bonds. The number of aromatic amines is 1. The molecule has 5 rings (SSSR count). The molecule has 0 saturated heterocycles. The third kappa shape index (κ3) is 5.52. The lowest BCUT2D eigenvalue weighted by molar-refractivity contribution is 0.121. The number of nitrogens with one attached hydrogen (secondary N) is 1. The van der Waals surface area contributed by atoms with Crippen LogP contribution in [0.1, 0.15) is 86.1 Å². The number of aromatic nitrogens is 5. The average Bonchev–Trinajstić information content (AvgIpc) is 3.36. The van der Waals surface area contributed by atoms with E-state index in [0.717, 1.165) is 35.1 Å². The van der Waals surface area contributed by atoms with E-state index in [2.05, 4.69) is 100 Å². The highest BCUT2D eigenvalue weighted by Crippen LogP contribution is 2.34. The van der Waals surface area contributed by atoms with Gasteiger partial charge in [-0.05, 0) is 83.3 Å². The summed E-state index contributed by atoms with van der Waals surface area (Å²) < 4.78 is 2.08. The molecule has 2 heterocycles. The van der Waals surface area contributed by atoms with Crippen LogP contribution in [0.4, 0.5) is 0 Å². The second kappa shape index (κ2) is 11.0. The Hall–Kier alpha value is -3.32. The number of tetrazole rings is 1. The summed E-state index contributed by atoms with van der Waals surface area (Å²) in [6.45, 7) is 9.84. The van der Waals surface area contributed by atoms with E-state index in [-0.39, 0.29) is 17.5 Å². The average molecular weight is 499 g/mol. The van der Waals surface area contributed by atoms with E-state index < -0.39 is 0 Å². The second-order valence-electron chi connectivity index (χ2n) is 11.0. The van der Waals surface area contributed by atoms with Crippen molar-refractivity contribution in [3.05, 3.63) is 87.0 Å². The summed E-state index contributed by atoms with van der Waals surface area (Å²) in [5, 5.41) is 14.3. The van der Waals surface area contributed by atoms with Crippen molar-refractivity contribution in [2.45, 2.75) is 85.0 Å². The van der Waals surface area contributed by atoms with Crippen molar-refractivity contribution in [3.8, 4) is 0 Å². The Labute approximate surface area is 218 Å².